The molecular weight excluding hydrogens is 150 g/mol. The molecule has 12 heavy (non-hydrogen) atoms. The quantitative estimate of drug-likeness (QED) is 0.723. The summed E-state index contributed by atoms with van der Waals surface area (Å²) in [6.07, 6.45) is 0.971. The van der Waals surface area contributed by atoms with Gasteiger partial charge in [0.2, 0.25) is 0 Å². The molecule has 0 aliphatic rings. The molecule has 0 heterocycles. The normalized spacial score (nSPS) is 9.42. The van der Waals surface area contributed by atoms with Crippen molar-refractivity contribution in [2.75, 3.05) is 6.54 Å². The molecule has 0 spiro atoms. The second kappa shape index (κ2) is 4.54. The van der Waals surface area contributed by atoms with Crippen LogP contribution in [-0.2, 0) is 0 Å². The topological polar surface area (TPSA) is 29.1 Å². The van der Waals surface area contributed by atoms with Crippen LogP contribution in [0.2, 0.25) is 0 Å². The van der Waals surface area contributed by atoms with Crippen LogP contribution in [0.15, 0.2) is 30.3 Å². The zero-order valence-corrected chi connectivity index (χ0v) is 7.21. The van der Waals surface area contributed by atoms with E-state index >= 15 is 0 Å². The van der Waals surface area contributed by atoms with Gasteiger partial charge in [0.1, 0.15) is 0 Å². The van der Waals surface area contributed by atoms with E-state index in [2.05, 4.69) is 5.32 Å². The minimum absolute atomic E-state index is 0.0115. The van der Waals surface area contributed by atoms with Crippen LogP contribution in [0.3, 0.4) is 0 Å². The number of hydrogen-bond donors (Lipinski definition) is 1. The second-order valence-electron chi connectivity index (χ2n) is 2.62. The highest BCUT2D eigenvalue weighted by Crippen LogP contribution is 1.97. The Morgan fingerprint density at radius 2 is 2.00 bits per heavy atom. The Kier molecular flexibility index (Phi) is 3.33. The molecule has 2 heteroatoms. The lowest BCUT2D eigenvalue weighted by molar-refractivity contribution is 0.0953. The first-order valence-corrected chi connectivity index (χ1v) is 4.18. The van der Waals surface area contributed by atoms with E-state index in [0.717, 1.165) is 18.5 Å². The number of amides is 1. The van der Waals surface area contributed by atoms with Crippen LogP contribution in [0.25, 0.3) is 0 Å². The maximum Gasteiger partial charge on any atom is 0.251 e. The van der Waals surface area contributed by atoms with Gasteiger partial charge in [0.15, 0.2) is 0 Å². The fraction of sp³-hybridized carbons (Fsp3) is 0.300. The SMILES string of the molecule is CCCNC(=O)c1ccccc1. The van der Waals surface area contributed by atoms with Crippen molar-refractivity contribution in [1.29, 1.82) is 0 Å². The van der Waals surface area contributed by atoms with Crippen LogP contribution < -0.4 is 5.32 Å². The number of carbonyl (C=O) groups is 1. The van der Waals surface area contributed by atoms with Gasteiger partial charge in [0.25, 0.3) is 5.91 Å². The Morgan fingerprint density at radius 1 is 1.33 bits per heavy atom. The summed E-state index contributed by atoms with van der Waals surface area (Å²) >= 11 is 0. The summed E-state index contributed by atoms with van der Waals surface area (Å²) < 4.78 is 0. The number of nitrogens with one attached hydrogen (secondary N) is 1. The highest BCUT2D eigenvalue weighted by molar-refractivity contribution is 5.94. The average molecular weight is 163 g/mol. The summed E-state index contributed by atoms with van der Waals surface area (Å²) in [5, 5.41) is 2.81. The maximum atomic E-state index is 11.3. The van der Waals surface area contributed by atoms with Crippen molar-refractivity contribution in [2.45, 2.75) is 13.3 Å². The van der Waals surface area contributed by atoms with Crippen LogP contribution in [0.4, 0.5) is 0 Å². The fourth-order valence-electron chi connectivity index (χ4n) is 0.930. The van der Waals surface area contributed by atoms with Crippen molar-refractivity contribution in [3.63, 3.8) is 0 Å². The molecule has 0 radical (unpaired) electrons. The number of benzene rings is 1. The molecule has 0 aliphatic heterocycles. The van der Waals surface area contributed by atoms with Gasteiger partial charge in [-0.25, -0.2) is 0 Å². The van der Waals surface area contributed by atoms with Gasteiger partial charge in [-0.2, -0.15) is 0 Å². The monoisotopic (exact) mass is 163 g/mol. The van der Waals surface area contributed by atoms with Gasteiger partial charge in [-0.05, 0) is 18.6 Å². The minimum Gasteiger partial charge on any atom is -0.352 e. The molecular formula is C10H13NO. The van der Waals surface area contributed by atoms with E-state index < -0.39 is 0 Å². The van der Waals surface area contributed by atoms with E-state index in [1.165, 1.54) is 0 Å². The van der Waals surface area contributed by atoms with E-state index in [1.807, 2.05) is 37.3 Å². The lowest BCUT2D eigenvalue weighted by Gasteiger charge is -2.01. The molecule has 0 aliphatic carbocycles. The molecule has 1 amide bonds. The molecule has 64 valence electrons. The summed E-state index contributed by atoms with van der Waals surface area (Å²) in [5.74, 6) is 0.0115. The molecule has 0 saturated carbocycles. The van der Waals surface area contributed by atoms with Gasteiger partial charge in [-0.3, -0.25) is 4.79 Å². The molecule has 1 aromatic rings. The Hall–Kier alpha value is -1.31. The highest BCUT2D eigenvalue weighted by Gasteiger charge is 2.00. The van der Waals surface area contributed by atoms with Crippen LogP contribution in [0, 0.1) is 0 Å². The number of carbonyl (C=O) groups excluding carboxylic acids is 1. The molecule has 0 fully saturated rings. The van der Waals surface area contributed by atoms with Crippen molar-refractivity contribution >= 4 is 5.91 Å². The lowest BCUT2D eigenvalue weighted by atomic mass is 10.2. The number of hydrogen-bond acceptors (Lipinski definition) is 1. The van der Waals surface area contributed by atoms with Crippen molar-refractivity contribution < 1.29 is 4.79 Å². The van der Waals surface area contributed by atoms with Crippen LogP contribution in [0.5, 0.6) is 0 Å². The Morgan fingerprint density at radius 3 is 2.58 bits per heavy atom. The van der Waals surface area contributed by atoms with Crippen molar-refractivity contribution in [2.24, 2.45) is 0 Å². The smallest absolute Gasteiger partial charge is 0.251 e. The largest absolute Gasteiger partial charge is 0.352 e. The highest BCUT2D eigenvalue weighted by atomic mass is 16.1. The first kappa shape index (κ1) is 8.78. The third kappa shape index (κ3) is 2.38. The summed E-state index contributed by atoms with van der Waals surface area (Å²) in [7, 11) is 0. The Bertz CT molecular complexity index is 243. The third-order valence-electron chi connectivity index (χ3n) is 1.57. The molecule has 1 rings (SSSR count). The fourth-order valence-corrected chi connectivity index (χ4v) is 0.930. The maximum absolute atomic E-state index is 11.3. The van der Waals surface area contributed by atoms with Crippen molar-refractivity contribution in [1.82, 2.24) is 5.32 Å². The van der Waals surface area contributed by atoms with E-state index in [0.29, 0.717) is 0 Å². The van der Waals surface area contributed by atoms with Gasteiger partial charge in [-0.1, -0.05) is 25.1 Å². The summed E-state index contributed by atoms with van der Waals surface area (Å²) in [6, 6.07) is 9.24. The summed E-state index contributed by atoms with van der Waals surface area (Å²) in [4.78, 5) is 11.3. The van der Waals surface area contributed by atoms with E-state index in [9.17, 15) is 4.79 Å². The first-order chi connectivity index (χ1) is 5.84. The van der Waals surface area contributed by atoms with Gasteiger partial charge >= 0.3 is 0 Å². The number of rotatable bonds is 3. The van der Waals surface area contributed by atoms with Crippen molar-refractivity contribution in [3.8, 4) is 0 Å². The zero-order chi connectivity index (χ0) is 8.81. The second-order valence-corrected chi connectivity index (χ2v) is 2.62. The van der Waals surface area contributed by atoms with Gasteiger partial charge in [0.05, 0.1) is 0 Å². The average Bonchev–Trinajstić information content (AvgIpc) is 2.15. The molecule has 0 bridgehead atoms. The molecule has 0 saturated heterocycles. The standard InChI is InChI=1S/C10H13NO/c1-2-8-11-10(12)9-6-4-3-5-7-9/h3-7H,2,8H2,1H3,(H,11,12). The van der Waals surface area contributed by atoms with Gasteiger partial charge in [-0.15, -0.1) is 0 Å². The first-order valence-electron chi connectivity index (χ1n) is 4.18. The predicted octanol–water partition coefficient (Wildman–Crippen LogP) is 1.83. The van der Waals surface area contributed by atoms with Crippen LogP contribution in [0.1, 0.15) is 23.7 Å². The van der Waals surface area contributed by atoms with Crippen LogP contribution >= 0.6 is 0 Å². The minimum atomic E-state index is 0.0115. The van der Waals surface area contributed by atoms with Gasteiger partial charge in [0, 0.05) is 12.1 Å². The summed E-state index contributed by atoms with van der Waals surface area (Å²) in [5.41, 5.74) is 0.728. The van der Waals surface area contributed by atoms with Gasteiger partial charge < -0.3 is 5.32 Å². The van der Waals surface area contributed by atoms with E-state index in [1.54, 1.807) is 0 Å². The molecule has 1 N–H and O–H groups in total. The molecule has 0 atom stereocenters. The third-order valence-corrected chi connectivity index (χ3v) is 1.57. The molecule has 0 unspecified atom stereocenters. The Labute approximate surface area is 72.6 Å². The summed E-state index contributed by atoms with van der Waals surface area (Å²) in [6.45, 7) is 2.78. The Balaban J connectivity index is 2.54. The van der Waals surface area contributed by atoms with E-state index in [-0.39, 0.29) is 5.91 Å². The van der Waals surface area contributed by atoms with Crippen LogP contribution in [-0.4, -0.2) is 12.5 Å². The molecule has 1 aromatic carbocycles. The molecule has 2 nitrogen and oxygen atoms in total. The molecule has 0 aromatic heterocycles. The lowest BCUT2D eigenvalue weighted by Crippen LogP contribution is -2.23. The van der Waals surface area contributed by atoms with E-state index in [4.69, 9.17) is 0 Å². The predicted molar refractivity (Wildman–Crippen MR) is 49.1 cm³/mol. The van der Waals surface area contributed by atoms with Crippen molar-refractivity contribution in [3.05, 3.63) is 35.9 Å². The zero-order valence-electron chi connectivity index (χ0n) is 7.21.